The number of quaternary nitrogens is 1. The van der Waals surface area contributed by atoms with Gasteiger partial charge in [0.2, 0.25) is 5.91 Å². The Morgan fingerprint density at radius 2 is 1.81 bits per heavy atom. The van der Waals surface area contributed by atoms with Gasteiger partial charge in [0, 0.05) is 12.1 Å². The second-order valence-electron chi connectivity index (χ2n) is 6.24. The van der Waals surface area contributed by atoms with Crippen LogP contribution in [0, 0.1) is 0 Å². The van der Waals surface area contributed by atoms with Crippen LogP contribution in [0.25, 0.3) is 0 Å². The highest BCUT2D eigenvalue weighted by atomic mass is 32.1. The van der Waals surface area contributed by atoms with Gasteiger partial charge in [0.25, 0.3) is 5.91 Å². The van der Waals surface area contributed by atoms with Crippen LogP contribution in [0.4, 0.5) is 0 Å². The van der Waals surface area contributed by atoms with E-state index in [2.05, 4.69) is 16.7 Å². The van der Waals surface area contributed by atoms with Crippen LogP contribution in [0.3, 0.4) is 0 Å². The third-order valence-corrected chi connectivity index (χ3v) is 5.26. The monoisotopic (exact) mass is 374 g/mol. The Morgan fingerprint density at radius 1 is 1.04 bits per heavy atom. The van der Waals surface area contributed by atoms with Gasteiger partial charge >= 0.3 is 0 Å². The molecule has 0 spiro atoms. The maximum Gasteiger partial charge on any atom is 0.261 e. The van der Waals surface area contributed by atoms with Gasteiger partial charge in [-0.1, -0.05) is 30.3 Å². The molecule has 138 valence electrons. The number of thiophene rings is 1. The highest BCUT2D eigenvalue weighted by molar-refractivity contribution is 7.12. The van der Waals surface area contributed by atoms with Crippen molar-refractivity contribution in [2.45, 2.75) is 13.1 Å². The number of rotatable bonds is 7. The van der Waals surface area contributed by atoms with Gasteiger partial charge in [0.15, 0.2) is 0 Å². The van der Waals surface area contributed by atoms with E-state index < -0.39 is 0 Å². The fraction of sp³-hybridized carbons (Fsp3) is 0.368. The summed E-state index contributed by atoms with van der Waals surface area (Å²) < 4.78 is 5.41. The van der Waals surface area contributed by atoms with Gasteiger partial charge in [0.1, 0.15) is 19.6 Å². The Bertz CT molecular complexity index is 727. The standard InChI is InChI=1S/C19H23N3O3S/c23-18(13-21-19(24)17-6-3-11-26-17)20-12-15-4-1-2-5-16(15)14-22-7-9-25-10-8-22/h1-6,11H,7-10,12-14H2,(H,20,23)(H,21,24)/p+1. The van der Waals surface area contributed by atoms with E-state index in [9.17, 15) is 9.59 Å². The van der Waals surface area contributed by atoms with E-state index in [1.165, 1.54) is 21.8 Å². The number of carbonyl (C=O) groups excluding carboxylic acids is 2. The number of hydrogen-bond donors (Lipinski definition) is 3. The van der Waals surface area contributed by atoms with Crippen molar-refractivity contribution >= 4 is 23.2 Å². The molecule has 1 aromatic carbocycles. The number of amides is 2. The second-order valence-corrected chi connectivity index (χ2v) is 7.19. The molecule has 1 saturated heterocycles. The zero-order valence-electron chi connectivity index (χ0n) is 14.6. The zero-order chi connectivity index (χ0) is 18.2. The Hall–Kier alpha value is -2.22. The summed E-state index contributed by atoms with van der Waals surface area (Å²) in [6, 6.07) is 11.7. The fourth-order valence-electron chi connectivity index (χ4n) is 2.92. The highest BCUT2D eigenvalue weighted by Gasteiger charge is 2.16. The van der Waals surface area contributed by atoms with Crippen molar-refractivity contribution in [3.8, 4) is 0 Å². The normalized spacial score (nSPS) is 14.8. The van der Waals surface area contributed by atoms with Crippen LogP contribution < -0.4 is 15.5 Å². The van der Waals surface area contributed by atoms with Crippen molar-refractivity contribution in [1.82, 2.24) is 10.6 Å². The van der Waals surface area contributed by atoms with Crippen LogP contribution in [0.2, 0.25) is 0 Å². The number of carbonyl (C=O) groups is 2. The molecule has 0 unspecified atom stereocenters. The molecule has 2 aromatic rings. The van der Waals surface area contributed by atoms with Crippen molar-refractivity contribution in [3.05, 3.63) is 57.8 Å². The molecule has 2 amide bonds. The minimum atomic E-state index is -0.216. The molecule has 0 aliphatic carbocycles. The molecule has 0 radical (unpaired) electrons. The van der Waals surface area contributed by atoms with E-state index in [1.807, 2.05) is 29.6 Å². The van der Waals surface area contributed by atoms with Gasteiger partial charge < -0.3 is 20.3 Å². The molecule has 0 saturated carbocycles. The summed E-state index contributed by atoms with van der Waals surface area (Å²) in [7, 11) is 0. The SMILES string of the molecule is O=C(CNC(=O)c1cccs1)NCc1ccccc1C[NH+]1CCOCC1. The first-order chi connectivity index (χ1) is 12.7. The van der Waals surface area contributed by atoms with Crippen molar-refractivity contribution in [3.63, 3.8) is 0 Å². The van der Waals surface area contributed by atoms with Gasteiger partial charge in [-0.2, -0.15) is 0 Å². The van der Waals surface area contributed by atoms with E-state index in [-0.39, 0.29) is 18.4 Å². The average Bonchev–Trinajstić information content (AvgIpc) is 3.21. The molecule has 3 rings (SSSR count). The van der Waals surface area contributed by atoms with E-state index in [1.54, 1.807) is 6.07 Å². The van der Waals surface area contributed by atoms with Gasteiger partial charge in [0.05, 0.1) is 24.6 Å². The Kier molecular flexibility index (Phi) is 6.76. The first-order valence-electron chi connectivity index (χ1n) is 8.79. The number of nitrogens with one attached hydrogen (secondary N) is 3. The van der Waals surface area contributed by atoms with Crippen molar-refractivity contribution in [2.75, 3.05) is 32.8 Å². The van der Waals surface area contributed by atoms with E-state index in [0.717, 1.165) is 38.4 Å². The third-order valence-electron chi connectivity index (χ3n) is 4.39. The quantitative estimate of drug-likeness (QED) is 0.649. The van der Waals surface area contributed by atoms with Crippen LogP contribution in [-0.4, -0.2) is 44.7 Å². The van der Waals surface area contributed by atoms with Crippen LogP contribution in [0.1, 0.15) is 20.8 Å². The summed E-state index contributed by atoms with van der Waals surface area (Å²) >= 11 is 1.36. The van der Waals surface area contributed by atoms with Crippen LogP contribution in [0.5, 0.6) is 0 Å². The van der Waals surface area contributed by atoms with Crippen molar-refractivity contribution in [1.29, 1.82) is 0 Å². The first kappa shape index (κ1) is 18.6. The number of hydrogen-bond acceptors (Lipinski definition) is 4. The number of benzene rings is 1. The maximum atomic E-state index is 12.0. The minimum Gasteiger partial charge on any atom is -0.370 e. The van der Waals surface area contributed by atoms with Crippen LogP contribution >= 0.6 is 11.3 Å². The lowest BCUT2D eigenvalue weighted by molar-refractivity contribution is -0.921. The molecule has 26 heavy (non-hydrogen) atoms. The summed E-state index contributed by atoms with van der Waals surface area (Å²) in [5.74, 6) is -0.408. The summed E-state index contributed by atoms with van der Waals surface area (Å²) in [5.41, 5.74) is 2.36. The third kappa shape index (κ3) is 5.39. The van der Waals surface area contributed by atoms with E-state index in [4.69, 9.17) is 4.74 Å². The molecule has 2 heterocycles. The van der Waals surface area contributed by atoms with Crippen LogP contribution in [-0.2, 0) is 22.6 Å². The Labute approximate surface area is 157 Å². The smallest absolute Gasteiger partial charge is 0.261 e. The molecule has 1 aliphatic rings. The van der Waals surface area contributed by atoms with E-state index >= 15 is 0 Å². The van der Waals surface area contributed by atoms with Crippen molar-refractivity contribution < 1.29 is 19.2 Å². The lowest BCUT2D eigenvalue weighted by Gasteiger charge is -2.24. The predicted molar refractivity (Wildman–Crippen MR) is 100 cm³/mol. The number of ether oxygens (including phenoxy) is 1. The van der Waals surface area contributed by atoms with Gasteiger partial charge in [-0.25, -0.2) is 0 Å². The largest absolute Gasteiger partial charge is 0.370 e. The van der Waals surface area contributed by atoms with Gasteiger partial charge in [-0.3, -0.25) is 9.59 Å². The second kappa shape index (κ2) is 9.47. The Morgan fingerprint density at radius 3 is 2.54 bits per heavy atom. The fourth-order valence-corrected chi connectivity index (χ4v) is 3.56. The molecule has 3 N–H and O–H groups in total. The van der Waals surface area contributed by atoms with Crippen LogP contribution in [0.15, 0.2) is 41.8 Å². The molecule has 1 fully saturated rings. The molecule has 0 bridgehead atoms. The topological polar surface area (TPSA) is 71.9 Å². The first-order valence-corrected chi connectivity index (χ1v) is 9.67. The molecular weight excluding hydrogens is 350 g/mol. The van der Waals surface area contributed by atoms with E-state index in [0.29, 0.717) is 11.4 Å². The summed E-state index contributed by atoms with van der Waals surface area (Å²) in [5, 5.41) is 7.37. The lowest BCUT2D eigenvalue weighted by atomic mass is 10.1. The van der Waals surface area contributed by atoms with Crippen molar-refractivity contribution in [2.24, 2.45) is 0 Å². The van der Waals surface area contributed by atoms with Gasteiger partial charge in [-0.15, -0.1) is 11.3 Å². The molecular formula is C19H24N3O3S+. The lowest BCUT2D eigenvalue weighted by Crippen LogP contribution is -3.12. The predicted octanol–water partition coefficient (Wildman–Crippen LogP) is 0.209. The molecule has 1 aliphatic heterocycles. The average molecular weight is 374 g/mol. The maximum absolute atomic E-state index is 12.0. The summed E-state index contributed by atoms with van der Waals surface area (Å²) in [6.07, 6.45) is 0. The van der Waals surface area contributed by atoms with Gasteiger partial charge in [-0.05, 0) is 17.0 Å². The number of morpholine rings is 1. The minimum absolute atomic E-state index is 0.0202. The highest BCUT2D eigenvalue weighted by Crippen LogP contribution is 2.08. The molecule has 0 atom stereocenters. The molecule has 6 nitrogen and oxygen atoms in total. The molecule has 7 heteroatoms. The summed E-state index contributed by atoms with van der Waals surface area (Å²) in [6.45, 7) is 5.01. The molecule has 1 aromatic heterocycles. The zero-order valence-corrected chi connectivity index (χ0v) is 15.4. The summed E-state index contributed by atoms with van der Waals surface area (Å²) in [4.78, 5) is 26.0. The Balaban J connectivity index is 1.47.